The Bertz CT molecular complexity index is 752. The van der Waals surface area contributed by atoms with E-state index in [-0.39, 0.29) is 16.6 Å². The van der Waals surface area contributed by atoms with Crippen LogP contribution in [0.5, 0.6) is 0 Å². The van der Waals surface area contributed by atoms with Gasteiger partial charge in [0.15, 0.2) is 0 Å². The number of nitrogens with zero attached hydrogens (tertiary/aromatic N) is 1. The molecular formula is C18H22F6N2OS. The molecule has 0 heterocycles. The zero-order valence-electron chi connectivity index (χ0n) is 15.5. The molecule has 0 aliphatic heterocycles. The number of nitrogens with one attached hydrogen (secondary N) is 1. The Balaban J connectivity index is 2.33. The summed E-state index contributed by atoms with van der Waals surface area (Å²) in [5.74, 6) is -1.46. The van der Waals surface area contributed by atoms with Crippen molar-refractivity contribution in [1.82, 2.24) is 0 Å². The van der Waals surface area contributed by atoms with Gasteiger partial charge in [-0.25, -0.2) is 0 Å². The van der Waals surface area contributed by atoms with Crippen molar-refractivity contribution in [3.05, 3.63) is 23.3 Å². The van der Waals surface area contributed by atoms with Crippen molar-refractivity contribution in [3.8, 4) is 0 Å². The van der Waals surface area contributed by atoms with Gasteiger partial charge < -0.3 is 5.32 Å². The number of aryl methyl sites for hydroxylation is 2. The number of alkyl halides is 6. The lowest BCUT2D eigenvalue weighted by molar-refractivity contribution is -0.118. The molecule has 1 aliphatic carbocycles. The van der Waals surface area contributed by atoms with Crippen LogP contribution in [0.2, 0.25) is 0 Å². The van der Waals surface area contributed by atoms with E-state index in [1.165, 1.54) is 6.07 Å². The molecule has 1 atom stereocenters. The lowest BCUT2D eigenvalue weighted by atomic mass is 10.1. The highest BCUT2D eigenvalue weighted by molar-refractivity contribution is 7.85. The number of hydrogen-bond donors (Lipinski definition) is 1. The molecule has 1 aromatic rings. The topological polar surface area (TPSA) is 41.5 Å². The first-order chi connectivity index (χ1) is 12.9. The van der Waals surface area contributed by atoms with Crippen LogP contribution in [0.3, 0.4) is 0 Å². The van der Waals surface area contributed by atoms with E-state index in [9.17, 15) is 30.6 Å². The standard InChI is InChI=1S/C18H22F6N2OS/c1-11-7-12(2)15(28(27)10-18(22,23)24)8-14(11)26-16(13-5-3-4-6-13)25-9-17(19,20)21/h7-8,13H,3-6,9-10H2,1-2H3,(H,25,26). The molecular weight excluding hydrogens is 406 g/mol. The van der Waals surface area contributed by atoms with Crippen LogP contribution in [0.1, 0.15) is 36.8 Å². The molecule has 0 amide bonds. The Labute approximate surface area is 162 Å². The molecule has 2 rings (SSSR count). The third-order valence-electron chi connectivity index (χ3n) is 4.50. The van der Waals surface area contributed by atoms with Crippen LogP contribution in [-0.4, -0.2) is 34.7 Å². The molecule has 1 saturated carbocycles. The monoisotopic (exact) mass is 428 g/mol. The normalized spacial score (nSPS) is 17.8. The first kappa shape index (κ1) is 22.7. The van der Waals surface area contributed by atoms with E-state index in [0.717, 1.165) is 12.8 Å². The van der Waals surface area contributed by atoms with E-state index in [1.807, 2.05) is 0 Å². The first-order valence-corrected chi connectivity index (χ1v) is 10.1. The van der Waals surface area contributed by atoms with Gasteiger partial charge in [0.2, 0.25) is 0 Å². The maximum atomic E-state index is 12.6. The zero-order valence-corrected chi connectivity index (χ0v) is 16.3. The highest BCUT2D eigenvalue weighted by atomic mass is 32.2. The Kier molecular flexibility index (Phi) is 7.17. The van der Waals surface area contributed by atoms with Gasteiger partial charge in [-0.1, -0.05) is 18.9 Å². The van der Waals surface area contributed by atoms with E-state index < -0.39 is 35.4 Å². The van der Waals surface area contributed by atoms with E-state index in [4.69, 9.17) is 0 Å². The highest BCUT2D eigenvalue weighted by Crippen LogP contribution is 2.30. The molecule has 3 nitrogen and oxygen atoms in total. The lowest BCUT2D eigenvalue weighted by Crippen LogP contribution is -2.25. The lowest BCUT2D eigenvalue weighted by Gasteiger charge is -2.19. The van der Waals surface area contributed by atoms with Gasteiger partial charge in [-0.15, -0.1) is 0 Å². The molecule has 1 aliphatic rings. The molecule has 28 heavy (non-hydrogen) atoms. The summed E-state index contributed by atoms with van der Waals surface area (Å²) in [5.41, 5.74) is 1.38. The van der Waals surface area contributed by atoms with Crippen LogP contribution in [-0.2, 0) is 10.8 Å². The smallest absolute Gasteiger partial charge is 0.344 e. The van der Waals surface area contributed by atoms with Crippen molar-refractivity contribution < 1.29 is 30.6 Å². The fraction of sp³-hybridized carbons (Fsp3) is 0.611. The molecule has 1 fully saturated rings. The van der Waals surface area contributed by atoms with Gasteiger partial charge in [0.1, 0.15) is 18.1 Å². The summed E-state index contributed by atoms with van der Waals surface area (Å²) >= 11 is 0. The minimum absolute atomic E-state index is 0.00650. The number of aliphatic imine (C=N–C) groups is 1. The van der Waals surface area contributed by atoms with Crippen LogP contribution >= 0.6 is 0 Å². The highest BCUT2D eigenvalue weighted by Gasteiger charge is 2.32. The van der Waals surface area contributed by atoms with E-state index in [2.05, 4.69) is 10.3 Å². The van der Waals surface area contributed by atoms with Crippen molar-refractivity contribution in [2.75, 3.05) is 17.6 Å². The maximum Gasteiger partial charge on any atom is 0.408 e. The number of benzene rings is 1. The molecule has 0 radical (unpaired) electrons. The third-order valence-corrected chi connectivity index (χ3v) is 6.02. The Morgan fingerprint density at radius 3 is 2.21 bits per heavy atom. The van der Waals surface area contributed by atoms with E-state index >= 15 is 0 Å². The predicted molar refractivity (Wildman–Crippen MR) is 97.2 cm³/mol. The van der Waals surface area contributed by atoms with Gasteiger partial charge in [0.05, 0.1) is 10.8 Å². The Morgan fingerprint density at radius 2 is 1.68 bits per heavy atom. The zero-order chi connectivity index (χ0) is 21.1. The minimum atomic E-state index is -4.58. The molecule has 1 N–H and O–H groups in total. The summed E-state index contributed by atoms with van der Waals surface area (Å²) in [7, 11) is -2.30. The van der Waals surface area contributed by atoms with Crippen molar-refractivity contribution in [2.45, 2.75) is 56.8 Å². The van der Waals surface area contributed by atoms with Crippen LogP contribution in [0.4, 0.5) is 32.0 Å². The van der Waals surface area contributed by atoms with Gasteiger partial charge in [0, 0.05) is 16.5 Å². The van der Waals surface area contributed by atoms with Crippen LogP contribution in [0.25, 0.3) is 0 Å². The summed E-state index contributed by atoms with van der Waals surface area (Å²) in [6, 6.07) is 2.90. The number of rotatable bonds is 5. The van der Waals surface area contributed by atoms with E-state index in [1.54, 1.807) is 19.9 Å². The van der Waals surface area contributed by atoms with Gasteiger partial charge in [0.25, 0.3) is 0 Å². The van der Waals surface area contributed by atoms with Crippen LogP contribution < -0.4 is 5.32 Å². The fourth-order valence-electron chi connectivity index (χ4n) is 3.22. The van der Waals surface area contributed by atoms with E-state index in [0.29, 0.717) is 29.7 Å². The first-order valence-electron chi connectivity index (χ1n) is 8.80. The summed E-state index contributed by atoms with van der Waals surface area (Å²) in [5, 5.41) is 2.88. The molecule has 0 aromatic heterocycles. The quantitative estimate of drug-likeness (QED) is 0.380. The predicted octanol–water partition coefficient (Wildman–Crippen LogP) is 5.54. The molecule has 158 valence electrons. The van der Waals surface area contributed by atoms with Gasteiger partial charge in [-0.3, -0.25) is 9.20 Å². The molecule has 10 heteroatoms. The second kappa shape index (κ2) is 8.84. The van der Waals surface area contributed by atoms with Crippen LogP contribution in [0, 0.1) is 19.8 Å². The number of halogens is 6. The summed E-state index contributed by atoms with van der Waals surface area (Å²) < 4.78 is 87.8. The average Bonchev–Trinajstić information content (AvgIpc) is 3.04. The van der Waals surface area contributed by atoms with Crippen molar-refractivity contribution >= 4 is 22.3 Å². The summed E-state index contributed by atoms with van der Waals surface area (Å²) in [4.78, 5) is 3.70. The molecule has 1 unspecified atom stereocenters. The summed E-state index contributed by atoms with van der Waals surface area (Å²) in [6.45, 7) is 1.90. The Morgan fingerprint density at radius 1 is 1.07 bits per heavy atom. The second-order valence-corrected chi connectivity index (χ2v) is 8.38. The Hall–Kier alpha value is -1.58. The van der Waals surface area contributed by atoms with Crippen molar-refractivity contribution in [3.63, 3.8) is 0 Å². The molecule has 1 aromatic carbocycles. The molecule has 0 saturated heterocycles. The van der Waals surface area contributed by atoms with Gasteiger partial charge >= 0.3 is 12.4 Å². The largest absolute Gasteiger partial charge is 0.408 e. The minimum Gasteiger partial charge on any atom is -0.344 e. The number of amidine groups is 1. The second-order valence-electron chi connectivity index (χ2n) is 6.96. The maximum absolute atomic E-state index is 12.6. The summed E-state index contributed by atoms with van der Waals surface area (Å²) in [6.07, 6.45) is -5.88. The SMILES string of the molecule is Cc1cc(C)c(S(=O)CC(F)(F)F)cc1NC(=NCC(F)(F)F)C1CCCC1. The molecule has 0 spiro atoms. The van der Waals surface area contributed by atoms with Gasteiger partial charge in [-0.05, 0) is 43.9 Å². The van der Waals surface area contributed by atoms with Crippen molar-refractivity contribution in [1.29, 1.82) is 0 Å². The fourth-order valence-corrected chi connectivity index (χ4v) is 4.34. The average molecular weight is 428 g/mol. The van der Waals surface area contributed by atoms with Crippen LogP contribution in [0.15, 0.2) is 22.0 Å². The number of hydrogen-bond acceptors (Lipinski definition) is 2. The van der Waals surface area contributed by atoms with Crippen molar-refractivity contribution in [2.24, 2.45) is 10.9 Å². The third kappa shape index (κ3) is 6.79. The molecule has 0 bridgehead atoms. The number of anilines is 1. The van der Waals surface area contributed by atoms with Gasteiger partial charge in [-0.2, -0.15) is 26.3 Å².